The van der Waals surface area contributed by atoms with E-state index in [0.29, 0.717) is 31.1 Å². The third-order valence-corrected chi connectivity index (χ3v) is 2.15. The van der Waals surface area contributed by atoms with Crippen LogP contribution >= 0.6 is 11.6 Å². The normalized spacial score (nSPS) is 12.5. The van der Waals surface area contributed by atoms with E-state index >= 15 is 0 Å². The molecule has 1 heterocycles. The number of aliphatic hydroxyl groups excluding tert-OH is 1. The molecular weight excluding hydrogens is 246 g/mol. The standard InChI is InChI=1S/C10H16ClN3O3/c1-3-17-9(15)8-7(12-4-5-16-2)6-13-10(11)14-8/h6,9,12,15H,3-5H2,1-2H3. The first-order valence-corrected chi connectivity index (χ1v) is 5.61. The minimum atomic E-state index is -1.12. The van der Waals surface area contributed by atoms with E-state index in [1.54, 1.807) is 14.0 Å². The largest absolute Gasteiger partial charge is 0.383 e. The molecule has 0 aliphatic rings. The van der Waals surface area contributed by atoms with E-state index < -0.39 is 6.29 Å². The molecule has 17 heavy (non-hydrogen) atoms. The first kappa shape index (κ1) is 14.1. The summed E-state index contributed by atoms with van der Waals surface area (Å²) in [5.74, 6) is 0. The fourth-order valence-electron chi connectivity index (χ4n) is 1.22. The molecule has 0 bridgehead atoms. The number of hydrogen-bond acceptors (Lipinski definition) is 6. The van der Waals surface area contributed by atoms with Crippen LogP contribution < -0.4 is 5.32 Å². The molecule has 1 unspecified atom stereocenters. The lowest BCUT2D eigenvalue weighted by atomic mass is 10.3. The van der Waals surface area contributed by atoms with E-state index in [1.165, 1.54) is 6.20 Å². The Balaban J connectivity index is 2.79. The lowest BCUT2D eigenvalue weighted by Gasteiger charge is -2.15. The minimum absolute atomic E-state index is 0.0658. The fraction of sp³-hybridized carbons (Fsp3) is 0.600. The molecule has 1 aromatic heterocycles. The van der Waals surface area contributed by atoms with Gasteiger partial charge in [0, 0.05) is 20.3 Å². The predicted molar refractivity (Wildman–Crippen MR) is 64.0 cm³/mol. The van der Waals surface area contributed by atoms with Crippen molar-refractivity contribution in [2.75, 3.05) is 32.2 Å². The summed E-state index contributed by atoms with van der Waals surface area (Å²) in [6.07, 6.45) is 0.383. The van der Waals surface area contributed by atoms with Gasteiger partial charge in [-0.3, -0.25) is 0 Å². The van der Waals surface area contributed by atoms with E-state index in [0.717, 1.165) is 0 Å². The number of nitrogens with one attached hydrogen (secondary N) is 1. The van der Waals surface area contributed by atoms with E-state index in [2.05, 4.69) is 15.3 Å². The second kappa shape index (κ2) is 7.39. The monoisotopic (exact) mass is 261 g/mol. The Morgan fingerprint density at radius 1 is 1.59 bits per heavy atom. The van der Waals surface area contributed by atoms with Gasteiger partial charge in [-0.05, 0) is 18.5 Å². The van der Waals surface area contributed by atoms with Gasteiger partial charge in [-0.2, -0.15) is 0 Å². The van der Waals surface area contributed by atoms with Crippen LogP contribution in [-0.4, -0.2) is 41.9 Å². The average Bonchev–Trinajstić information content (AvgIpc) is 2.31. The fourth-order valence-corrected chi connectivity index (χ4v) is 1.36. The Hall–Kier alpha value is -0.950. The van der Waals surface area contributed by atoms with Crippen LogP contribution in [0.4, 0.5) is 5.69 Å². The van der Waals surface area contributed by atoms with Gasteiger partial charge in [-0.15, -0.1) is 0 Å². The number of halogens is 1. The number of aliphatic hydroxyl groups is 1. The number of nitrogens with zero attached hydrogens (tertiary/aromatic N) is 2. The lowest BCUT2D eigenvalue weighted by Crippen LogP contribution is -2.14. The zero-order chi connectivity index (χ0) is 12.7. The van der Waals surface area contributed by atoms with E-state index in [-0.39, 0.29) is 5.28 Å². The summed E-state index contributed by atoms with van der Waals surface area (Å²) in [7, 11) is 1.61. The number of ether oxygens (including phenoxy) is 2. The van der Waals surface area contributed by atoms with Gasteiger partial charge in [0.1, 0.15) is 5.69 Å². The molecule has 0 fully saturated rings. The first-order chi connectivity index (χ1) is 8.19. The van der Waals surface area contributed by atoms with Crippen molar-refractivity contribution < 1.29 is 14.6 Å². The Labute approximate surface area is 105 Å². The van der Waals surface area contributed by atoms with Crippen LogP contribution in [0.15, 0.2) is 6.20 Å². The Kier molecular flexibility index (Phi) is 6.13. The molecule has 6 nitrogen and oxygen atoms in total. The molecule has 0 aliphatic heterocycles. The topological polar surface area (TPSA) is 76.5 Å². The third kappa shape index (κ3) is 4.43. The molecule has 1 atom stereocenters. The van der Waals surface area contributed by atoms with Crippen molar-refractivity contribution in [2.45, 2.75) is 13.2 Å². The van der Waals surface area contributed by atoms with Crippen molar-refractivity contribution >= 4 is 17.3 Å². The van der Waals surface area contributed by atoms with Gasteiger partial charge in [0.15, 0.2) is 0 Å². The molecule has 1 rings (SSSR count). The molecule has 96 valence electrons. The molecule has 0 aliphatic carbocycles. The van der Waals surface area contributed by atoms with Crippen LogP contribution in [0.5, 0.6) is 0 Å². The lowest BCUT2D eigenvalue weighted by molar-refractivity contribution is -0.100. The van der Waals surface area contributed by atoms with Gasteiger partial charge in [0.05, 0.1) is 18.5 Å². The van der Waals surface area contributed by atoms with Crippen LogP contribution in [0.25, 0.3) is 0 Å². The van der Waals surface area contributed by atoms with Crippen molar-refractivity contribution in [3.63, 3.8) is 0 Å². The molecule has 0 spiro atoms. The number of rotatable bonds is 7. The zero-order valence-electron chi connectivity index (χ0n) is 9.81. The summed E-state index contributed by atoms with van der Waals surface area (Å²) in [6, 6.07) is 0. The minimum Gasteiger partial charge on any atom is -0.383 e. The maximum Gasteiger partial charge on any atom is 0.222 e. The highest BCUT2D eigenvalue weighted by atomic mass is 35.5. The van der Waals surface area contributed by atoms with Crippen LogP contribution in [0, 0.1) is 0 Å². The van der Waals surface area contributed by atoms with Gasteiger partial charge < -0.3 is 19.9 Å². The second-order valence-corrected chi connectivity index (χ2v) is 3.50. The zero-order valence-corrected chi connectivity index (χ0v) is 10.6. The summed E-state index contributed by atoms with van der Waals surface area (Å²) >= 11 is 5.68. The molecule has 0 radical (unpaired) electrons. The van der Waals surface area contributed by atoms with Crippen molar-refractivity contribution in [1.29, 1.82) is 0 Å². The molecular formula is C10H16ClN3O3. The van der Waals surface area contributed by atoms with Crippen molar-refractivity contribution in [1.82, 2.24) is 9.97 Å². The summed E-state index contributed by atoms with van der Waals surface area (Å²) < 4.78 is 9.98. The smallest absolute Gasteiger partial charge is 0.222 e. The third-order valence-electron chi connectivity index (χ3n) is 1.97. The quantitative estimate of drug-likeness (QED) is 0.437. The van der Waals surface area contributed by atoms with E-state index in [4.69, 9.17) is 21.1 Å². The molecule has 0 saturated carbocycles. The van der Waals surface area contributed by atoms with E-state index in [9.17, 15) is 5.11 Å². The molecule has 7 heteroatoms. The molecule has 1 aromatic rings. The van der Waals surface area contributed by atoms with E-state index in [1.807, 2.05) is 0 Å². The summed E-state index contributed by atoms with van der Waals surface area (Å²) in [6.45, 7) is 3.27. The van der Waals surface area contributed by atoms with Crippen molar-refractivity contribution in [3.05, 3.63) is 17.2 Å². The summed E-state index contributed by atoms with van der Waals surface area (Å²) in [5.41, 5.74) is 0.898. The Morgan fingerprint density at radius 2 is 2.35 bits per heavy atom. The Morgan fingerprint density at radius 3 is 3.00 bits per heavy atom. The van der Waals surface area contributed by atoms with Gasteiger partial charge in [-0.25, -0.2) is 9.97 Å². The molecule has 0 saturated heterocycles. The number of anilines is 1. The van der Waals surface area contributed by atoms with Gasteiger partial charge in [0.2, 0.25) is 11.6 Å². The van der Waals surface area contributed by atoms with Crippen molar-refractivity contribution in [2.24, 2.45) is 0 Å². The predicted octanol–water partition coefficient (Wildman–Crippen LogP) is 1.22. The highest BCUT2D eigenvalue weighted by molar-refractivity contribution is 6.28. The summed E-state index contributed by atoms with van der Waals surface area (Å²) in [5, 5.41) is 12.8. The highest BCUT2D eigenvalue weighted by Crippen LogP contribution is 2.22. The van der Waals surface area contributed by atoms with Gasteiger partial charge >= 0.3 is 0 Å². The van der Waals surface area contributed by atoms with Crippen molar-refractivity contribution in [3.8, 4) is 0 Å². The maximum absolute atomic E-state index is 9.74. The number of hydrogen-bond donors (Lipinski definition) is 2. The second-order valence-electron chi connectivity index (χ2n) is 3.17. The van der Waals surface area contributed by atoms with Crippen LogP contribution in [0.1, 0.15) is 18.9 Å². The van der Waals surface area contributed by atoms with Crippen LogP contribution in [0.3, 0.4) is 0 Å². The van der Waals surface area contributed by atoms with Gasteiger partial charge in [0.25, 0.3) is 0 Å². The molecule has 0 aromatic carbocycles. The molecule has 0 amide bonds. The maximum atomic E-state index is 9.74. The Bertz CT molecular complexity index is 352. The summed E-state index contributed by atoms with van der Waals surface area (Å²) in [4.78, 5) is 7.79. The average molecular weight is 262 g/mol. The number of methoxy groups -OCH3 is 1. The number of aromatic nitrogens is 2. The van der Waals surface area contributed by atoms with Crippen LogP contribution in [-0.2, 0) is 9.47 Å². The highest BCUT2D eigenvalue weighted by Gasteiger charge is 2.15. The molecule has 2 N–H and O–H groups in total. The SMILES string of the molecule is CCOC(O)c1nc(Cl)ncc1NCCOC. The first-order valence-electron chi connectivity index (χ1n) is 5.24. The van der Waals surface area contributed by atoms with Gasteiger partial charge in [-0.1, -0.05) is 0 Å². The van der Waals surface area contributed by atoms with Crippen LogP contribution in [0.2, 0.25) is 5.28 Å².